The highest BCUT2D eigenvalue weighted by atomic mass is 19.4. The zero-order valence-corrected chi connectivity index (χ0v) is 14.3. The summed E-state index contributed by atoms with van der Waals surface area (Å²) in [7, 11) is 1.16. The summed E-state index contributed by atoms with van der Waals surface area (Å²) in [6, 6.07) is 3.89. The molecule has 0 aliphatic heterocycles. The van der Waals surface area contributed by atoms with Crippen LogP contribution in [0.1, 0.15) is 26.3 Å². The minimum atomic E-state index is -4.78. The Kier molecular flexibility index (Phi) is 6.66. The summed E-state index contributed by atoms with van der Waals surface area (Å²) in [5, 5.41) is 2.38. The van der Waals surface area contributed by atoms with Crippen molar-refractivity contribution in [2.45, 2.75) is 45.2 Å². The molecule has 1 rings (SSSR count). The fourth-order valence-corrected chi connectivity index (χ4v) is 1.85. The van der Waals surface area contributed by atoms with Gasteiger partial charge in [-0.2, -0.15) is 0 Å². The van der Waals surface area contributed by atoms with Crippen molar-refractivity contribution in [2.75, 3.05) is 7.11 Å². The van der Waals surface area contributed by atoms with Crippen molar-refractivity contribution in [2.24, 2.45) is 0 Å². The summed E-state index contributed by atoms with van der Waals surface area (Å²) >= 11 is 0. The standard InChI is InChI=1S/C16H20F3NO5/c1-15(2,3)25-14(22)20-12(13(21)23-4)9-10-5-7-11(8-6-10)24-16(17,18)19/h5-8,12H,9H2,1-4H3,(H,20,22)/t12-/m0/s1. The SMILES string of the molecule is COC(=O)[C@H](Cc1ccc(OC(F)(F)F)cc1)NC(=O)OC(C)(C)C. The Morgan fingerprint density at radius 1 is 1.12 bits per heavy atom. The average molecular weight is 363 g/mol. The molecule has 0 fully saturated rings. The molecule has 1 atom stereocenters. The summed E-state index contributed by atoms with van der Waals surface area (Å²) < 4.78 is 49.9. The van der Waals surface area contributed by atoms with Crippen LogP contribution in [0.25, 0.3) is 0 Å². The van der Waals surface area contributed by atoms with Crippen molar-refractivity contribution in [1.29, 1.82) is 0 Å². The molecule has 0 aliphatic rings. The fourth-order valence-electron chi connectivity index (χ4n) is 1.85. The van der Waals surface area contributed by atoms with Crippen LogP contribution < -0.4 is 10.1 Å². The Balaban J connectivity index is 2.78. The highest BCUT2D eigenvalue weighted by Gasteiger charge is 2.31. The molecule has 1 aromatic rings. The number of alkyl carbamates (subject to hydrolysis) is 1. The van der Waals surface area contributed by atoms with Crippen molar-refractivity contribution in [3.63, 3.8) is 0 Å². The number of esters is 1. The number of hydrogen-bond donors (Lipinski definition) is 1. The van der Waals surface area contributed by atoms with Gasteiger partial charge in [0, 0.05) is 6.42 Å². The molecular weight excluding hydrogens is 343 g/mol. The lowest BCUT2D eigenvalue weighted by molar-refractivity contribution is -0.274. The number of nitrogens with one attached hydrogen (secondary N) is 1. The van der Waals surface area contributed by atoms with Gasteiger partial charge in [0.15, 0.2) is 0 Å². The number of carbonyl (C=O) groups excluding carboxylic acids is 2. The molecule has 1 amide bonds. The molecule has 0 spiro atoms. The number of ether oxygens (including phenoxy) is 3. The predicted octanol–water partition coefficient (Wildman–Crippen LogP) is 3.19. The van der Waals surface area contributed by atoms with E-state index in [1.165, 1.54) is 12.1 Å². The maximum Gasteiger partial charge on any atom is 0.573 e. The van der Waals surface area contributed by atoms with E-state index in [-0.39, 0.29) is 12.2 Å². The third-order valence-electron chi connectivity index (χ3n) is 2.77. The number of rotatable bonds is 5. The Hall–Kier alpha value is -2.45. The van der Waals surface area contributed by atoms with Crippen molar-refractivity contribution in [3.05, 3.63) is 29.8 Å². The normalized spacial score (nSPS) is 12.9. The number of benzene rings is 1. The summed E-state index contributed by atoms with van der Waals surface area (Å²) in [5.41, 5.74) is -0.248. The zero-order chi connectivity index (χ0) is 19.3. The molecule has 0 unspecified atom stereocenters. The van der Waals surface area contributed by atoms with Gasteiger partial charge >= 0.3 is 18.4 Å². The molecule has 0 aromatic heterocycles. The van der Waals surface area contributed by atoms with Gasteiger partial charge in [0.1, 0.15) is 17.4 Å². The molecule has 140 valence electrons. The second-order valence-corrected chi connectivity index (χ2v) is 6.12. The van der Waals surface area contributed by atoms with Crippen LogP contribution in [0.3, 0.4) is 0 Å². The van der Waals surface area contributed by atoms with Crippen LogP contribution in [0.5, 0.6) is 5.75 Å². The molecule has 1 N–H and O–H groups in total. The molecule has 9 heteroatoms. The summed E-state index contributed by atoms with van der Waals surface area (Å²) in [5.74, 6) is -1.09. The molecular formula is C16H20F3NO5. The van der Waals surface area contributed by atoms with E-state index in [1.807, 2.05) is 0 Å². The summed E-state index contributed by atoms with van der Waals surface area (Å²) in [6.07, 6.45) is -5.58. The first-order valence-corrected chi connectivity index (χ1v) is 7.31. The molecule has 0 bridgehead atoms. The van der Waals surface area contributed by atoms with Gasteiger partial charge in [-0.25, -0.2) is 9.59 Å². The van der Waals surface area contributed by atoms with E-state index in [9.17, 15) is 22.8 Å². The average Bonchev–Trinajstić information content (AvgIpc) is 2.44. The van der Waals surface area contributed by atoms with E-state index in [4.69, 9.17) is 4.74 Å². The van der Waals surface area contributed by atoms with Crippen molar-refractivity contribution in [1.82, 2.24) is 5.32 Å². The second kappa shape index (κ2) is 8.09. The van der Waals surface area contributed by atoms with Crippen LogP contribution in [-0.4, -0.2) is 37.2 Å². The number of halogens is 3. The zero-order valence-electron chi connectivity index (χ0n) is 14.3. The van der Waals surface area contributed by atoms with Crippen molar-refractivity contribution in [3.8, 4) is 5.75 Å². The highest BCUT2D eigenvalue weighted by Crippen LogP contribution is 2.23. The predicted molar refractivity (Wildman–Crippen MR) is 82.0 cm³/mol. The van der Waals surface area contributed by atoms with Gasteiger partial charge in [0.25, 0.3) is 0 Å². The number of amides is 1. The minimum Gasteiger partial charge on any atom is -0.467 e. The number of carbonyl (C=O) groups is 2. The van der Waals surface area contributed by atoms with Gasteiger partial charge in [-0.3, -0.25) is 0 Å². The Morgan fingerprint density at radius 2 is 1.68 bits per heavy atom. The Morgan fingerprint density at radius 3 is 2.12 bits per heavy atom. The fraction of sp³-hybridized carbons (Fsp3) is 0.500. The first-order valence-electron chi connectivity index (χ1n) is 7.31. The van der Waals surface area contributed by atoms with E-state index in [2.05, 4.69) is 14.8 Å². The quantitative estimate of drug-likeness (QED) is 0.814. The van der Waals surface area contributed by atoms with Crippen molar-refractivity contribution >= 4 is 12.1 Å². The van der Waals surface area contributed by atoms with Gasteiger partial charge in [0.05, 0.1) is 7.11 Å². The maximum absolute atomic E-state index is 12.1. The monoisotopic (exact) mass is 363 g/mol. The smallest absolute Gasteiger partial charge is 0.467 e. The van der Waals surface area contributed by atoms with Crippen LogP contribution in [0.2, 0.25) is 0 Å². The van der Waals surface area contributed by atoms with E-state index in [0.29, 0.717) is 5.56 Å². The molecule has 0 radical (unpaired) electrons. The van der Waals surface area contributed by atoms with Crippen LogP contribution in [-0.2, 0) is 20.7 Å². The van der Waals surface area contributed by atoms with E-state index in [1.54, 1.807) is 20.8 Å². The van der Waals surface area contributed by atoms with Crippen molar-refractivity contribution < 1.29 is 37.0 Å². The summed E-state index contributed by atoms with van der Waals surface area (Å²) in [4.78, 5) is 23.6. The molecule has 0 saturated heterocycles. The first kappa shape index (κ1) is 20.6. The third-order valence-corrected chi connectivity index (χ3v) is 2.77. The molecule has 0 saturated carbocycles. The van der Waals surface area contributed by atoms with Gasteiger partial charge in [-0.05, 0) is 38.5 Å². The lowest BCUT2D eigenvalue weighted by atomic mass is 10.1. The Bertz CT molecular complexity index is 593. The molecule has 1 aromatic carbocycles. The number of alkyl halides is 3. The van der Waals surface area contributed by atoms with Gasteiger partial charge in [-0.15, -0.1) is 13.2 Å². The minimum absolute atomic E-state index is 0.0121. The van der Waals surface area contributed by atoms with E-state index in [0.717, 1.165) is 19.2 Å². The molecule has 0 aliphatic carbocycles. The first-order chi connectivity index (χ1) is 11.4. The lowest BCUT2D eigenvalue weighted by Gasteiger charge is -2.22. The molecule has 0 heterocycles. The third kappa shape index (κ3) is 8.27. The summed E-state index contributed by atoms with van der Waals surface area (Å²) in [6.45, 7) is 5.00. The molecule has 25 heavy (non-hydrogen) atoms. The second-order valence-electron chi connectivity index (χ2n) is 6.12. The maximum atomic E-state index is 12.1. The highest BCUT2D eigenvalue weighted by molar-refractivity contribution is 5.81. The van der Waals surface area contributed by atoms with Crippen LogP contribution in [0.4, 0.5) is 18.0 Å². The number of methoxy groups -OCH3 is 1. The van der Waals surface area contributed by atoms with Crippen LogP contribution >= 0.6 is 0 Å². The lowest BCUT2D eigenvalue weighted by Crippen LogP contribution is -2.45. The van der Waals surface area contributed by atoms with Gasteiger partial charge in [0.2, 0.25) is 0 Å². The largest absolute Gasteiger partial charge is 0.573 e. The Labute approximate surface area is 143 Å². The van der Waals surface area contributed by atoms with Crippen LogP contribution in [0, 0.1) is 0 Å². The van der Waals surface area contributed by atoms with E-state index >= 15 is 0 Å². The van der Waals surface area contributed by atoms with E-state index < -0.39 is 30.1 Å². The molecule has 6 nitrogen and oxygen atoms in total. The van der Waals surface area contributed by atoms with Crippen LogP contribution in [0.15, 0.2) is 24.3 Å². The van der Waals surface area contributed by atoms with Gasteiger partial charge in [-0.1, -0.05) is 12.1 Å². The van der Waals surface area contributed by atoms with Gasteiger partial charge < -0.3 is 19.5 Å². The topological polar surface area (TPSA) is 73.9 Å². The number of hydrogen-bond acceptors (Lipinski definition) is 5.